The monoisotopic (exact) mass is 235 g/mol. The molecule has 2 heteroatoms. The van der Waals surface area contributed by atoms with Crippen LogP contribution in [0.25, 0.3) is 0 Å². The molecule has 1 aliphatic rings. The van der Waals surface area contributed by atoms with E-state index in [-0.39, 0.29) is 0 Å². The molecule has 0 unspecified atom stereocenters. The van der Waals surface area contributed by atoms with Gasteiger partial charge in [-0.25, -0.2) is 0 Å². The first-order chi connectivity index (χ1) is 7.86. The molecule has 1 nitrogen and oxygen atoms in total. The Morgan fingerprint density at radius 1 is 1.25 bits per heavy atom. The quantitative estimate of drug-likeness (QED) is 0.602. The highest BCUT2D eigenvalue weighted by Crippen LogP contribution is 2.20. The lowest BCUT2D eigenvalue weighted by Gasteiger charge is -2.07. The lowest BCUT2D eigenvalue weighted by atomic mass is 10.1. The highest BCUT2D eigenvalue weighted by molar-refractivity contribution is 6.31. The minimum absolute atomic E-state index is 0.857. The Morgan fingerprint density at radius 2 is 2.12 bits per heavy atom. The highest BCUT2D eigenvalue weighted by Gasteiger charge is 2.03. The standard InChI is InChI=1S/C14H18ClN/c15-14-8-4-3-7-13(14)11-16-10-9-12-5-1-2-6-12/h3-5,7-8,16H,1-2,6,9-11H2. The number of rotatable bonds is 5. The fraction of sp³-hybridized carbons (Fsp3) is 0.429. The third-order valence-electron chi connectivity index (χ3n) is 3.03. The Kier molecular flexibility index (Phi) is 4.44. The Balaban J connectivity index is 1.70. The number of halogens is 1. The summed E-state index contributed by atoms with van der Waals surface area (Å²) in [5, 5.41) is 4.30. The first-order valence-electron chi connectivity index (χ1n) is 5.98. The van der Waals surface area contributed by atoms with Gasteiger partial charge in [0.2, 0.25) is 0 Å². The zero-order valence-electron chi connectivity index (χ0n) is 9.51. The zero-order valence-corrected chi connectivity index (χ0v) is 10.3. The maximum absolute atomic E-state index is 6.08. The second-order valence-corrected chi connectivity index (χ2v) is 4.68. The van der Waals surface area contributed by atoms with Crippen molar-refractivity contribution in [3.05, 3.63) is 46.5 Å². The molecule has 86 valence electrons. The van der Waals surface area contributed by atoms with E-state index in [2.05, 4.69) is 17.5 Å². The summed E-state index contributed by atoms with van der Waals surface area (Å²) >= 11 is 6.08. The summed E-state index contributed by atoms with van der Waals surface area (Å²) in [4.78, 5) is 0. The van der Waals surface area contributed by atoms with Gasteiger partial charge in [0.1, 0.15) is 0 Å². The van der Waals surface area contributed by atoms with Crippen LogP contribution in [0.5, 0.6) is 0 Å². The fourth-order valence-corrected chi connectivity index (χ4v) is 2.28. The lowest BCUT2D eigenvalue weighted by molar-refractivity contribution is 0.676. The minimum atomic E-state index is 0.857. The van der Waals surface area contributed by atoms with Crippen LogP contribution in [0.1, 0.15) is 31.2 Å². The van der Waals surface area contributed by atoms with Crippen LogP contribution in [-0.4, -0.2) is 6.54 Å². The van der Waals surface area contributed by atoms with Crippen LogP contribution in [-0.2, 0) is 6.54 Å². The fourth-order valence-electron chi connectivity index (χ4n) is 2.08. The minimum Gasteiger partial charge on any atom is -0.312 e. The lowest BCUT2D eigenvalue weighted by Crippen LogP contribution is -2.15. The molecule has 0 amide bonds. The number of benzene rings is 1. The summed E-state index contributed by atoms with van der Waals surface area (Å²) in [5.74, 6) is 0. The summed E-state index contributed by atoms with van der Waals surface area (Å²) < 4.78 is 0. The van der Waals surface area contributed by atoms with Crippen molar-refractivity contribution in [2.75, 3.05) is 6.54 Å². The van der Waals surface area contributed by atoms with Gasteiger partial charge in [-0.3, -0.25) is 0 Å². The molecule has 0 saturated heterocycles. The Morgan fingerprint density at radius 3 is 2.88 bits per heavy atom. The van der Waals surface area contributed by atoms with Gasteiger partial charge in [0.15, 0.2) is 0 Å². The van der Waals surface area contributed by atoms with Gasteiger partial charge in [0.25, 0.3) is 0 Å². The van der Waals surface area contributed by atoms with E-state index in [0.717, 1.165) is 18.1 Å². The molecule has 1 aliphatic carbocycles. The average molecular weight is 236 g/mol. The molecular weight excluding hydrogens is 218 g/mol. The predicted molar refractivity (Wildman–Crippen MR) is 69.7 cm³/mol. The first-order valence-corrected chi connectivity index (χ1v) is 6.36. The second-order valence-electron chi connectivity index (χ2n) is 4.27. The van der Waals surface area contributed by atoms with Gasteiger partial charge < -0.3 is 5.32 Å². The van der Waals surface area contributed by atoms with Gasteiger partial charge in [-0.2, -0.15) is 0 Å². The molecule has 1 aromatic rings. The van der Waals surface area contributed by atoms with Gasteiger partial charge >= 0.3 is 0 Å². The van der Waals surface area contributed by atoms with Crippen molar-refractivity contribution in [1.82, 2.24) is 5.32 Å². The summed E-state index contributed by atoms with van der Waals surface area (Å²) in [6.45, 7) is 1.92. The maximum atomic E-state index is 6.08. The molecule has 0 spiro atoms. The number of nitrogens with one attached hydrogen (secondary N) is 1. The van der Waals surface area contributed by atoms with Crippen LogP contribution in [0.2, 0.25) is 5.02 Å². The van der Waals surface area contributed by atoms with E-state index < -0.39 is 0 Å². The van der Waals surface area contributed by atoms with Crippen LogP contribution in [0.3, 0.4) is 0 Å². The molecule has 0 saturated carbocycles. The molecule has 1 N–H and O–H groups in total. The number of hydrogen-bond donors (Lipinski definition) is 1. The van der Waals surface area contributed by atoms with Crippen LogP contribution in [0, 0.1) is 0 Å². The largest absolute Gasteiger partial charge is 0.312 e. The van der Waals surface area contributed by atoms with Crippen molar-refractivity contribution < 1.29 is 0 Å². The van der Waals surface area contributed by atoms with E-state index in [9.17, 15) is 0 Å². The summed E-state index contributed by atoms with van der Waals surface area (Å²) in [5.41, 5.74) is 2.80. The van der Waals surface area contributed by atoms with Gasteiger partial charge in [0.05, 0.1) is 0 Å². The van der Waals surface area contributed by atoms with Gasteiger partial charge in [-0.15, -0.1) is 0 Å². The highest BCUT2D eigenvalue weighted by atomic mass is 35.5. The normalized spacial score (nSPS) is 15.2. The van der Waals surface area contributed by atoms with E-state index in [1.54, 1.807) is 5.57 Å². The van der Waals surface area contributed by atoms with E-state index >= 15 is 0 Å². The topological polar surface area (TPSA) is 12.0 Å². The molecule has 1 aromatic carbocycles. The van der Waals surface area contributed by atoms with E-state index in [1.165, 1.54) is 31.2 Å². The molecule has 16 heavy (non-hydrogen) atoms. The molecule has 0 bridgehead atoms. The van der Waals surface area contributed by atoms with Crippen molar-refractivity contribution in [3.8, 4) is 0 Å². The van der Waals surface area contributed by atoms with Gasteiger partial charge in [0, 0.05) is 11.6 Å². The summed E-state index contributed by atoms with van der Waals surface area (Å²) in [6, 6.07) is 8.01. The molecule has 2 rings (SSSR count). The third-order valence-corrected chi connectivity index (χ3v) is 3.40. The molecule has 0 radical (unpaired) electrons. The van der Waals surface area contributed by atoms with E-state index in [4.69, 9.17) is 11.6 Å². The van der Waals surface area contributed by atoms with Crippen LogP contribution in [0.4, 0.5) is 0 Å². The third kappa shape index (κ3) is 3.36. The van der Waals surface area contributed by atoms with Crippen molar-refractivity contribution in [2.24, 2.45) is 0 Å². The maximum Gasteiger partial charge on any atom is 0.0450 e. The van der Waals surface area contributed by atoms with Gasteiger partial charge in [-0.1, -0.05) is 41.4 Å². The molecule has 0 heterocycles. The first kappa shape index (κ1) is 11.7. The zero-order chi connectivity index (χ0) is 11.2. The Bertz CT molecular complexity index is 371. The molecular formula is C14H18ClN. The Labute approximate surface area is 103 Å². The van der Waals surface area contributed by atoms with E-state index in [0.29, 0.717) is 0 Å². The van der Waals surface area contributed by atoms with Crippen LogP contribution in [0.15, 0.2) is 35.9 Å². The smallest absolute Gasteiger partial charge is 0.0450 e. The number of allylic oxidation sites excluding steroid dienone is 1. The Hall–Kier alpha value is -0.790. The van der Waals surface area contributed by atoms with Crippen molar-refractivity contribution >= 4 is 11.6 Å². The van der Waals surface area contributed by atoms with Crippen molar-refractivity contribution in [1.29, 1.82) is 0 Å². The molecule has 0 aliphatic heterocycles. The average Bonchev–Trinajstić information content (AvgIpc) is 2.79. The van der Waals surface area contributed by atoms with Crippen LogP contribution >= 0.6 is 11.6 Å². The second kappa shape index (κ2) is 6.07. The summed E-state index contributed by atoms with van der Waals surface area (Å²) in [7, 11) is 0. The van der Waals surface area contributed by atoms with Gasteiger partial charge in [-0.05, 0) is 43.9 Å². The molecule has 0 aromatic heterocycles. The van der Waals surface area contributed by atoms with Crippen LogP contribution < -0.4 is 5.32 Å². The SMILES string of the molecule is Clc1ccccc1CNCCC1=CCCC1. The predicted octanol–water partition coefficient (Wildman–Crippen LogP) is 3.93. The molecule has 0 atom stereocenters. The van der Waals surface area contributed by atoms with Crippen molar-refractivity contribution in [3.63, 3.8) is 0 Å². The molecule has 0 fully saturated rings. The van der Waals surface area contributed by atoms with E-state index in [1.807, 2.05) is 18.2 Å². The number of hydrogen-bond acceptors (Lipinski definition) is 1. The summed E-state index contributed by atoms with van der Waals surface area (Å²) in [6.07, 6.45) is 7.50. The van der Waals surface area contributed by atoms with Crippen molar-refractivity contribution in [2.45, 2.75) is 32.2 Å².